The Balaban J connectivity index is 1.86. The standard InChI is InChI=1S/C16H25ClN4O/c1-3-18-16(21(2)11-14-7-9-22-12-14)19-8-6-13-4-5-15(17)20-10-13/h4-5,10,14H,3,6-9,11-12H2,1-2H3,(H,18,19). The predicted octanol–water partition coefficient (Wildman–Crippen LogP) is 2.21. The van der Waals surface area contributed by atoms with Crippen LogP contribution in [0.5, 0.6) is 0 Å². The first-order valence-electron chi connectivity index (χ1n) is 7.86. The Labute approximate surface area is 137 Å². The molecule has 0 amide bonds. The van der Waals surface area contributed by atoms with Crippen molar-refractivity contribution < 1.29 is 4.74 Å². The lowest BCUT2D eigenvalue weighted by atomic mass is 10.1. The van der Waals surface area contributed by atoms with E-state index in [1.165, 1.54) is 0 Å². The van der Waals surface area contributed by atoms with E-state index in [1.54, 1.807) is 0 Å². The van der Waals surface area contributed by atoms with Crippen molar-refractivity contribution >= 4 is 17.6 Å². The largest absolute Gasteiger partial charge is 0.381 e. The van der Waals surface area contributed by atoms with Crippen molar-refractivity contribution in [2.24, 2.45) is 10.9 Å². The Hall–Kier alpha value is -1.33. The van der Waals surface area contributed by atoms with Crippen LogP contribution in [0.15, 0.2) is 23.3 Å². The summed E-state index contributed by atoms with van der Waals surface area (Å²) in [7, 11) is 2.09. The highest BCUT2D eigenvalue weighted by Gasteiger charge is 2.18. The molecule has 1 atom stereocenters. The van der Waals surface area contributed by atoms with E-state index in [2.05, 4.69) is 29.2 Å². The molecular weight excluding hydrogens is 300 g/mol. The third kappa shape index (κ3) is 5.46. The summed E-state index contributed by atoms with van der Waals surface area (Å²) in [5.74, 6) is 1.56. The molecule has 1 aromatic heterocycles. The molecule has 1 N–H and O–H groups in total. The lowest BCUT2D eigenvalue weighted by Gasteiger charge is -2.24. The first kappa shape index (κ1) is 17.0. The summed E-state index contributed by atoms with van der Waals surface area (Å²) in [5.41, 5.74) is 1.15. The third-order valence-corrected chi connectivity index (χ3v) is 3.93. The minimum absolute atomic E-state index is 0.527. The van der Waals surface area contributed by atoms with Crippen LogP contribution in [0, 0.1) is 5.92 Å². The van der Waals surface area contributed by atoms with E-state index in [0.717, 1.165) is 57.2 Å². The maximum absolute atomic E-state index is 5.79. The molecule has 1 fully saturated rings. The van der Waals surface area contributed by atoms with Gasteiger partial charge in [0.2, 0.25) is 0 Å². The van der Waals surface area contributed by atoms with E-state index < -0.39 is 0 Å². The zero-order valence-electron chi connectivity index (χ0n) is 13.4. The predicted molar refractivity (Wildman–Crippen MR) is 90.5 cm³/mol. The van der Waals surface area contributed by atoms with Crippen LogP contribution in [0.25, 0.3) is 0 Å². The van der Waals surface area contributed by atoms with E-state index in [0.29, 0.717) is 11.1 Å². The fourth-order valence-corrected chi connectivity index (χ4v) is 2.63. The summed E-state index contributed by atoms with van der Waals surface area (Å²) >= 11 is 5.79. The number of ether oxygens (including phenoxy) is 1. The number of nitrogens with zero attached hydrogens (tertiary/aromatic N) is 3. The maximum atomic E-state index is 5.79. The van der Waals surface area contributed by atoms with Gasteiger partial charge < -0.3 is 15.0 Å². The Morgan fingerprint density at radius 1 is 1.55 bits per heavy atom. The van der Waals surface area contributed by atoms with Gasteiger partial charge in [-0.15, -0.1) is 0 Å². The summed E-state index contributed by atoms with van der Waals surface area (Å²) < 4.78 is 5.44. The molecule has 1 aliphatic rings. The molecule has 0 aliphatic carbocycles. The number of aromatic nitrogens is 1. The van der Waals surface area contributed by atoms with E-state index in [9.17, 15) is 0 Å². The van der Waals surface area contributed by atoms with E-state index in [1.807, 2.05) is 18.3 Å². The van der Waals surface area contributed by atoms with Gasteiger partial charge in [-0.05, 0) is 31.4 Å². The van der Waals surface area contributed by atoms with Crippen molar-refractivity contribution in [1.29, 1.82) is 0 Å². The Kier molecular flexibility index (Phi) is 6.93. The zero-order chi connectivity index (χ0) is 15.8. The Bertz CT molecular complexity index is 472. The van der Waals surface area contributed by atoms with Crippen molar-refractivity contribution in [1.82, 2.24) is 15.2 Å². The fourth-order valence-electron chi connectivity index (χ4n) is 2.52. The van der Waals surface area contributed by atoms with Crippen molar-refractivity contribution in [3.8, 4) is 0 Å². The SMILES string of the molecule is CCNC(=NCCc1ccc(Cl)nc1)N(C)CC1CCOC1. The van der Waals surface area contributed by atoms with Gasteiger partial charge in [0.1, 0.15) is 5.15 Å². The zero-order valence-corrected chi connectivity index (χ0v) is 14.1. The normalized spacial score (nSPS) is 18.5. The summed E-state index contributed by atoms with van der Waals surface area (Å²) in [5, 5.41) is 3.88. The number of pyridine rings is 1. The average Bonchev–Trinajstić information content (AvgIpc) is 3.01. The molecule has 22 heavy (non-hydrogen) atoms. The van der Waals surface area contributed by atoms with Crippen molar-refractivity contribution in [3.05, 3.63) is 29.0 Å². The number of hydrogen-bond acceptors (Lipinski definition) is 3. The molecule has 6 heteroatoms. The Morgan fingerprint density at radius 3 is 3.05 bits per heavy atom. The van der Waals surface area contributed by atoms with Crippen molar-refractivity contribution in [2.75, 3.05) is 39.9 Å². The summed E-state index contributed by atoms with van der Waals surface area (Å²) in [4.78, 5) is 11.0. The number of aliphatic imine (C=N–C) groups is 1. The van der Waals surface area contributed by atoms with Crippen LogP contribution in [-0.2, 0) is 11.2 Å². The van der Waals surface area contributed by atoms with Gasteiger partial charge in [-0.25, -0.2) is 4.98 Å². The van der Waals surface area contributed by atoms with Crippen LogP contribution < -0.4 is 5.32 Å². The number of guanidine groups is 1. The smallest absolute Gasteiger partial charge is 0.193 e. The van der Waals surface area contributed by atoms with E-state index in [4.69, 9.17) is 21.3 Å². The molecule has 0 saturated carbocycles. The van der Waals surface area contributed by atoms with Crippen LogP contribution >= 0.6 is 11.6 Å². The second-order valence-corrected chi connectivity index (χ2v) is 5.97. The van der Waals surface area contributed by atoms with Gasteiger partial charge in [0.05, 0.1) is 6.61 Å². The molecule has 1 aliphatic heterocycles. The summed E-state index contributed by atoms with van der Waals surface area (Å²) in [6.07, 6.45) is 3.81. The molecule has 2 rings (SSSR count). The Morgan fingerprint density at radius 2 is 2.41 bits per heavy atom. The maximum Gasteiger partial charge on any atom is 0.193 e. The molecule has 1 saturated heterocycles. The summed E-state index contributed by atoms with van der Waals surface area (Å²) in [6, 6.07) is 3.81. The highest BCUT2D eigenvalue weighted by Crippen LogP contribution is 2.13. The topological polar surface area (TPSA) is 49.8 Å². The number of hydrogen-bond donors (Lipinski definition) is 1. The number of nitrogens with one attached hydrogen (secondary N) is 1. The van der Waals surface area contributed by atoms with Gasteiger partial charge in [-0.3, -0.25) is 4.99 Å². The van der Waals surface area contributed by atoms with Crippen molar-refractivity contribution in [2.45, 2.75) is 19.8 Å². The van der Waals surface area contributed by atoms with Crippen LogP contribution in [-0.4, -0.2) is 55.7 Å². The lowest BCUT2D eigenvalue weighted by Crippen LogP contribution is -2.41. The van der Waals surface area contributed by atoms with Crippen LogP contribution in [0.2, 0.25) is 5.15 Å². The number of rotatable bonds is 6. The van der Waals surface area contributed by atoms with Crippen LogP contribution in [0.1, 0.15) is 18.9 Å². The first-order valence-corrected chi connectivity index (χ1v) is 8.24. The van der Waals surface area contributed by atoms with Crippen LogP contribution in [0.4, 0.5) is 0 Å². The minimum Gasteiger partial charge on any atom is -0.381 e. The molecule has 0 radical (unpaired) electrons. The van der Waals surface area contributed by atoms with Gasteiger partial charge in [0, 0.05) is 45.4 Å². The molecule has 1 unspecified atom stereocenters. The monoisotopic (exact) mass is 324 g/mol. The highest BCUT2D eigenvalue weighted by atomic mass is 35.5. The van der Waals surface area contributed by atoms with Crippen molar-refractivity contribution in [3.63, 3.8) is 0 Å². The fraction of sp³-hybridized carbons (Fsp3) is 0.625. The van der Waals surface area contributed by atoms with E-state index in [-0.39, 0.29) is 0 Å². The molecule has 5 nitrogen and oxygen atoms in total. The molecule has 0 aromatic carbocycles. The van der Waals surface area contributed by atoms with E-state index >= 15 is 0 Å². The molecule has 0 bridgehead atoms. The minimum atomic E-state index is 0.527. The molecule has 1 aromatic rings. The second kappa shape index (κ2) is 8.96. The molecular formula is C16H25ClN4O. The highest BCUT2D eigenvalue weighted by molar-refractivity contribution is 6.29. The third-order valence-electron chi connectivity index (χ3n) is 3.70. The first-order chi connectivity index (χ1) is 10.7. The van der Waals surface area contributed by atoms with Gasteiger partial charge in [0.15, 0.2) is 5.96 Å². The van der Waals surface area contributed by atoms with Crippen LogP contribution in [0.3, 0.4) is 0 Å². The van der Waals surface area contributed by atoms with Gasteiger partial charge in [0.25, 0.3) is 0 Å². The van der Waals surface area contributed by atoms with Gasteiger partial charge in [-0.2, -0.15) is 0 Å². The summed E-state index contributed by atoms with van der Waals surface area (Å²) in [6.45, 7) is 6.42. The van der Waals surface area contributed by atoms with Gasteiger partial charge in [-0.1, -0.05) is 17.7 Å². The number of halogens is 1. The molecule has 2 heterocycles. The molecule has 122 valence electrons. The lowest BCUT2D eigenvalue weighted by molar-refractivity contribution is 0.181. The molecule has 0 spiro atoms. The van der Waals surface area contributed by atoms with Gasteiger partial charge >= 0.3 is 0 Å². The average molecular weight is 325 g/mol. The second-order valence-electron chi connectivity index (χ2n) is 5.58. The quantitative estimate of drug-likeness (QED) is 0.495.